The van der Waals surface area contributed by atoms with Crippen LogP contribution in [0.3, 0.4) is 0 Å². The highest BCUT2D eigenvalue weighted by molar-refractivity contribution is 5.91. The van der Waals surface area contributed by atoms with Crippen LogP contribution in [0.5, 0.6) is 0 Å². The Kier molecular flexibility index (Phi) is 5.32. The molecule has 3 aromatic rings. The molecule has 29 heavy (non-hydrogen) atoms. The summed E-state index contributed by atoms with van der Waals surface area (Å²) in [6.45, 7) is 4.90. The number of aryl methyl sites for hydroxylation is 2. The number of nitrogens with zero attached hydrogens (tertiary/aromatic N) is 3. The van der Waals surface area contributed by atoms with Gasteiger partial charge in [-0.1, -0.05) is 17.7 Å². The average molecular weight is 404 g/mol. The van der Waals surface area contributed by atoms with E-state index in [9.17, 15) is 22.8 Å². The van der Waals surface area contributed by atoms with E-state index in [-0.39, 0.29) is 0 Å². The number of hydrogen-bond acceptors (Lipinski definition) is 3. The number of hydrogen-bond donors (Lipinski definition) is 1. The summed E-state index contributed by atoms with van der Waals surface area (Å²) in [7, 11) is 0. The van der Waals surface area contributed by atoms with Crippen LogP contribution in [-0.2, 0) is 17.5 Å². The maximum atomic E-state index is 12.9. The maximum Gasteiger partial charge on any atom is 0.417 e. The van der Waals surface area contributed by atoms with E-state index in [1.807, 2.05) is 31.2 Å². The zero-order chi connectivity index (χ0) is 21.3. The Morgan fingerprint density at radius 1 is 1.07 bits per heavy atom. The molecule has 0 saturated heterocycles. The van der Waals surface area contributed by atoms with Gasteiger partial charge in [-0.2, -0.15) is 18.3 Å². The zero-order valence-corrected chi connectivity index (χ0v) is 16.0. The van der Waals surface area contributed by atoms with Crippen molar-refractivity contribution in [1.29, 1.82) is 0 Å². The van der Waals surface area contributed by atoms with Crippen LogP contribution in [0.1, 0.15) is 22.5 Å². The Hall–Kier alpha value is -3.36. The van der Waals surface area contributed by atoms with Crippen LogP contribution in [0.2, 0.25) is 0 Å². The first-order valence-corrected chi connectivity index (χ1v) is 8.77. The summed E-state index contributed by atoms with van der Waals surface area (Å²) in [6.07, 6.45) is -3.97. The minimum atomic E-state index is -4.60. The number of anilines is 1. The van der Waals surface area contributed by atoms with Gasteiger partial charge >= 0.3 is 6.18 Å². The molecule has 0 unspecified atom stereocenters. The molecule has 9 heteroatoms. The summed E-state index contributed by atoms with van der Waals surface area (Å²) in [6, 6.07) is 9.14. The Morgan fingerprint density at radius 2 is 1.72 bits per heavy atom. The summed E-state index contributed by atoms with van der Waals surface area (Å²) in [5.41, 5.74) is 1.88. The van der Waals surface area contributed by atoms with Gasteiger partial charge in [0, 0.05) is 12.3 Å². The average Bonchev–Trinajstić information content (AvgIpc) is 2.91. The molecule has 152 valence electrons. The fraction of sp³-hybridized carbons (Fsp3) is 0.250. The number of carbonyl (C=O) groups is 1. The van der Waals surface area contributed by atoms with Gasteiger partial charge in [0.15, 0.2) is 0 Å². The summed E-state index contributed by atoms with van der Waals surface area (Å²) in [5, 5.41) is 7.07. The molecule has 0 bridgehead atoms. The molecule has 3 rings (SSSR count). The molecular weight excluding hydrogens is 385 g/mol. The van der Waals surface area contributed by atoms with Crippen LogP contribution in [-0.4, -0.2) is 20.3 Å². The van der Waals surface area contributed by atoms with E-state index in [0.717, 1.165) is 21.9 Å². The molecule has 1 amide bonds. The van der Waals surface area contributed by atoms with Crippen LogP contribution in [0.25, 0.3) is 5.69 Å². The van der Waals surface area contributed by atoms with E-state index in [1.165, 1.54) is 0 Å². The van der Waals surface area contributed by atoms with Crippen molar-refractivity contribution < 1.29 is 18.0 Å². The van der Waals surface area contributed by atoms with Gasteiger partial charge in [0.05, 0.1) is 28.3 Å². The molecule has 6 nitrogen and oxygen atoms in total. The SMILES string of the molecule is Cc1ccc(-n2nc(C)c(NC(=O)Cn3cc(C(F)(F)F)ccc3=O)c2C)cc1. The van der Waals surface area contributed by atoms with Crippen molar-refractivity contribution in [2.75, 3.05) is 5.32 Å². The topological polar surface area (TPSA) is 68.9 Å². The first-order chi connectivity index (χ1) is 13.6. The molecule has 0 saturated carbocycles. The second kappa shape index (κ2) is 7.57. The normalized spacial score (nSPS) is 11.5. The Labute approximate surface area is 164 Å². The predicted molar refractivity (Wildman–Crippen MR) is 102 cm³/mol. The lowest BCUT2D eigenvalue weighted by atomic mass is 10.2. The molecule has 0 radical (unpaired) electrons. The number of nitrogens with one attached hydrogen (secondary N) is 1. The van der Waals surface area contributed by atoms with Gasteiger partial charge in [-0.25, -0.2) is 4.68 Å². The summed E-state index contributed by atoms with van der Waals surface area (Å²) in [4.78, 5) is 24.2. The molecule has 0 spiro atoms. The largest absolute Gasteiger partial charge is 0.417 e. The molecule has 2 heterocycles. The first kappa shape index (κ1) is 20.4. The van der Waals surface area contributed by atoms with Gasteiger partial charge in [0.2, 0.25) is 5.91 Å². The van der Waals surface area contributed by atoms with Crippen LogP contribution >= 0.6 is 0 Å². The van der Waals surface area contributed by atoms with Gasteiger partial charge < -0.3 is 9.88 Å². The molecule has 2 aromatic heterocycles. The monoisotopic (exact) mass is 404 g/mol. The Balaban J connectivity index is 1.83. The van der Waals surface area contributed by atoms with Crippen molar-refractivity contribution in [3.05, 3.63) is 75.5 Å². The third-order valence-corrected chi connectivity index (χ3v) is 4.46. The lowest BCUT2D eigenvalue weighted by Crippen LogP contribution is -2.28. The first-order valence-electron chi connectivity index (χ1n) is 8.77. The number of benzene rings is 1. The summed E-state index contributed by atoms with van der Waals surface area (Å²) in [5.74, 6) is -0.624. The van der Waals surface area contributed by atoms with Gasteiger partial charge in [-0.3, -0.25) is 9.59 Å². The van der Waals surface area contributed by atoms with Crippen LogP contribution in [0.15, 0.2) is 47.4 Å². The smallest absolute Gasteiger partial charge is 0.321 e. The highest BCUT2D eigenvalue weighted by Crippen LogP contribution is 2.28. The number of halogens is 3. The van der Waals surface area contributed by atoms with E-state index < -0.39 is 29.8 Å². The van der Waals surface area contributed by atoms with Crippen molar-refractivity contribution in [3.8, 4) is 5.69 Å². The van der Waals surface area contributed by atoms with E-state index in [1.54, 1.807) is 18.5 Å². The van der Waals surface area contributed by atoms with E-state index >= 15 is 0 Å². The van der Waals surface area contributed by atoms with Crippen LogP contribution < -0.4 is 10.9 Å². The van der Waals surface area contributed by atoms with E-state index in [0.29, 0.717) is 29.3 Å². The standard InChI is InChI=1S/C20H19F3N4O2/c1-12-4-7-16(8-5-12)27-14(3)19(13(2)25-27)24-17(28)11-26-10-15(20(21,22)23)6-9-18(26)29/h4-10H,11H2,1-3H3,(H,24,28). The number of carbonyl (C=O) groups excluding carboxylic acids is 1. The number of aromatic nitrogens is 3. The lowest BCUT2D eigenvalue weighted by molar-refractivity contribution is -0.138. The second-order valence-corrected chi connectivity index (χ2v) is 6.72. The van der Waals surface area contributed by atoms with Crippen molar-refractivity contribution in [2.24, 2.45) is 0 Å². The molecule has 0 aliphatic heterocycles. The van der Waals surface area contributed by atoms with Crippen molar-refractivity contribution in [1.82, 2.24) is 14.3 Å². The van der Waals surface area contributed by atoms with Crippen LogP contribution in [0, 0.1) is 20.8 Å². The second-order valence-electron chi connectivity index (χ2n) is 6.72. The lowest BCUT2D eigenvalue weighted by Gasteiger charge is -2.11. The Bertz CT molecular complexity index is 1110. The highest BCUT2D eigenvalue weighted by Gasteiger charge is 2.31. The van der Waals surface area contributed by atoms with Crippen molar-refractivity contribution >= 4 is 11.6 Å². The third kappa shape index (κ3) is 4.39. The molecule has 0 fully saturated rings. The van der Waals surface area contributed by atoms with Crippen molar-refractivity contribution in [2.45, 2.75) is 33.5 Å². The number of alkyl halides is 3. The predicted octanol–water partition coefficient (Wildman–Crippen LogP) is 3.62. The molecular formula is C20H19F3N4O2. The molecule has 1 aromatic carbocycles. The van der Waals surface area contributed by atoms with Gasteiger partial charge in [-0.15, -0.1) is 0 Å². The number of rotatable bonds is 4. The summed E-state index contributed by atoms with van der Waals surface area (Å²) >= 11 is 0. The van der Waals surface area contributed by atoms with E-state index in [4.69, 9.17) is 0 Å². The van der Waals surface area contributed by atoms with E-state index in [2.05, 4.69) is 10.4 Å². The molecule has 0 aliphatic rings. The number of amides is 1. The molecule has 0 atom stereocenters. The van der Waals surface area contributed by atoms with Crippen molar-refractivity contribution in [3.63, 3.8) is 0 Å². The van der Waals surface area contributed by atoms with Gasteiger partial charge in [-0.05, 0) is 39.0 Å². The van der Waals surface area contributed by atoms with Gasteiger partial charge in [0.25, 0.3) is 5.56 Å². The quantitative estimate of drug-likeness (QED) is 0.722. The molecule has 1 N–H and O–H groups in total. The highest BCUT2D eigenvalue weighted by atomic mass is 19.4. The third-order valence-electron chi connectivity index (χ3n) is 4.46. The zero-order valence-electron chi connectivity index (χ0n) is 16.0. The summed E-state index contributed by atoms with van der Waals surface area (Å²) < 4.78 is 41.0. The fourth-order valence-electron chi connectivity index (χ4n) is 2.92. The Morgan fingerprint density at radius 3 is 2.34 bits per heavy atom. The number of pyridine rings is 1. The maximum absolute atomic E-state index is 12.9. The minimum absolute atomic E-state index is 0.454. The van der Waals surface area contributed by atoms with Gasteiger partial charge in [0.1, 0.15) is 6.54 Å². The fourth-order valence-corrected chi connectivity index (χ4v) is 2.92. The molecule has 0 aliphatic carbocycles. The van der Waals surface area contributed by atoms with Crippen LogP contribution in [0.4, 0.5) is 18.9 Å². The minimum Gasteiger partial charge on any atom is -0.321 e.